The van der Waals surface area contributed by atoms with Crippen molar-refractivity contribution in [2.24, 2.45) is 5.16 Å². The summed E-state index contributed by atoms with van der Waals surface area (Å²) in [6.45, 7) is 1.81. The van der Waals surface area contributed by atoms with Gasteiger partial charge in [0.15, 0.2) is 11.9 Å². The van der Waals surface area contributed by atoms with Crippen LogP contribution in [-0.2, 0) is 11.0 Å². The van der Waals surface area contributed by atoms with E-state index in [-0.39, 0.29) is 5.75 Å². The van der Waals surface area contributed by atoms with Gasteiger partial charge in [-0.05, 0) is 42.3 Å². The normalized spacial score (nSPS) is 16.0. The van der Waals surface area contributed by atoms with Gasteiger partial charge in [-0.15, -0.1) is 0 Å². The van der Waals surface area contributed by atoms with Crippen LogP contribution in [0, 0.1) is 6.92 Å². The molecule has 0 saturated carbocycles. The number of hydrogen-bond donors (Lipinski definition) is 0. The summed E-state index contributed by atoms with van der Waals surface area (Å²) < 4.78 is 50.1. The minimum Gasteiger partial charge on any atom is -0.457 e. The second kappa shape index (κ2) is 8.02. The predicted octanol–water partition coefficient (Wildman–Crippen LogP) is 5.45. The molecule has 0 radical (unpaired) electrons. The predicted molar refractivity (Wildman–Crippen MR) is 101 cm³/mol. The fourth-order valence-electron chi connectivity index (χ4n) is 2.86. The zero-order valence-electron chi connectivity index (χ0n) is 15.8. The van der Waals surface area contributed by atoms with Crippen LogP contribution < -0.4 is 9.47 Å². The second-order valence-electron chi connectivity index (χ2n) is 6.61. The van der Waals surface area contributed by atoms with E-state index in [1.807, 2.05) is 19.1 Å². The highest BCUT2D eigenvalue weighted by molar-refractivity contribution is 5.79. The van der Waals surface area contributed by atoms with Gasteiger partial charge in [-0.25, -0.2) is 9.97 Å². The lowest BCUT2D eigenvalue weighted by Crippen LogP contribution is -2.08. The molecule has 2 heterocycles. The number of aryl methyl sites for hydroxylation is 1. The fraction of sp³-hybridized carbons (Fsp3) is 0.190. The summed E-state index contributed by atoms with van der Waals surface area (Å²) in [5, 5.41) is 3.94. The standard InChI is InChI=1S/C21H16F3N3O3/c1-13-5-6-14(19-9-20(27-30-19)29-17-10-25-12-26-11-17)7-18(13)28-16-4-2-3-15(8-16)21(22,23)24/h2-8,10-12,19H,9H2,1H3/t19-/m1/s1. The van der Waals surface area contributed by atoms with Gasteiger partial charge < -0.3 is 14.3 Å². The molecule has 0 unspecified atom stereocenters. The Morgan fingerprint density at radius 1 is 1.00 bits per heavy atom. The topological polar surface area (TPSA) is 65.8 Å². The van der Waals surface area contributed by atoms with E-state index in [9.17, 15) is 13.2 Å². The number of halogens is 3. The molecular weight excluding hydrogens is 399 g/mol. The van der Waals surface area contributed by atoms with Crippen molar-refractivity contribution < 1.29 is 27.5 Å². The van der Waals surface area contributed by atoms with Crippen LogP contribution in [0.3, 0.4) is 0 Å². The van der Waals surface area contributed by atoms with E-state index in [4.69, 9.17) is 14.3 Å². The summed E-state index contributed by atoms with van der Waals surface area (Å²) in [5.41, 5.74) is 0.759. The van der Waals surface area contributed by atoms with Crippen molar-refractivity contribution in [3.05, 3.63) is 77.9 Å². The Hall–Kier alpha value is -3.62. The first-order valence-corrected chi connectivity index (χ1v) is 9.00. The number of aromatic nitrogens is 2. The summed E-state index contributed by atoms with van der Waals surface area (Å²) in [7, 11) is 0. The fourth-order valence-corrected chi connectivity index (χ4v) is 2.86. The van der Waals surface area contributed by atoms with Gasteiger partial charge in [-0.1, -0.05) is 23.4 Å². The molecule has 1 aliphatic rings. The Bertz CT molecular complexity index is 1070. The molecule has 0 fully saturated rings. The lowest BCUT2D eigenvalue weighted by molar-refractivity contribution is -0.137. The Balaban J connectivity index is 1.48. The quantitative estimate of drug-likeness (QED) is 0.567. The van der Waals surface area contributed by atoms with E-state index in [0.717, 1.165) is 23.3 Å². The van der Waals surface area contributed by atoms with Gasteiger partial charge in [0.2, 0.25) is 5.90 Å². The van der Waals surface area contributed by atoms with E-state index in [2.05, 4.69) is 15.1 Å². The first-order chi connectivity index (χ1) is 14.4. The van der Waals surface area contributed by atoms with Crippen LogP contribution in [0.15, 0.2) is 66.3 Å². The van der Waals surface area contributed by atoms with Gasteiger partial charge in [-0.3, -0.25) is 0 Å². The van der Waals surface area contributed by atoms with E-state index in [1.54, 1.807) is 6.07 Å². The number of alkyl halides is 3. The summed E-state index contributed by atoms with van der Waals surface area (Å²) in [5.74, 6) is 1.34. The smallest absolute Gasteiger partial charge is 0.416 e. The van der Waals surface area contributed by atoms with Gasteiger partial charge in [-0.2, -0.15) is 13.2 Å². The molecule has 1 atom stereocenters. The van der Waals surface area contributed by atoms with Crippen LogP contribution in [-0.4, -0.2) is 15.9 Å². The van der Waals surface area contributed by atoms with Crippen molar-refractivity contribution >= 4 is 5.90 Å². The average Bonchev–Trinajstić information content (AvgIpc) is 3.18. The third-order valence-corrected chi connectivity index (χ3v) is 4.39. The molecule has 154 valence electrons. The van der Waals surface area contributed by atoms with Crippen LogP contribution in [0.2, 0.25) is 0 Å². The van der Waals surface area contributed by atoms with Crippen molar-refractivity contribution in [1.82, 2.24) is 9.97 Å². The van der Waals surface area contributed by atoms with E-state index < -0.39 is 17.8 Å². The monoisotopic (exact) mass is 415 g/mol. The molecular formula is C21H16F3N3O3. The van der Waals surface area contributed by atoms with Crippen LogP contribution in [0.5, 0.6) is 17.2 Å². The minimum absolute atomic E-state index is 0.0989. The molecule has 3 aromatic rings. The van der Waals surface area contributed by atoms with Gasteiger partial charge in [0.25, 0.3) is 0 Å². The van der Waals surface area contributed by atoms with Crippen LogP contribution in [0.25, 0.3) is 0 Å². The maximum atomic E-state index is 12.9. The van der Waals surface area contributed by atoms with Crippen molar-refractivity contribution in [3.8, 4) is 17.2 Å². The first kappa shape index (κ1) is 19.7. The maximum absolute atomic E-state index is 12.9. The summed E-state index contributed by atoms with van der Waals surface area (Å²) in [6, 6.07) is 10.1. The molecule has 0 aliphatic carbocycles. The van der Waals surface area contributed by atoms with Crippen LogP contribution in [0.4, 0.5) is 13.2 Å². The highest BCUT2D eigenvalue weighted by atomic mass is 19.4. The van der Waals surface area contributed by atoms with Crippen molar-refractivity contribution in [2.75, 3.05) is 0 Å². The van der Waals surface area contributed by atoms with Crippen molar-refractivity contribution in [3.63, 3.8) is 0 Å². The number of oxime groups is 1. The van der Waals surface area contributed by atoms with Gasteiger partial charge in [0.1, 0.15) is 17.8 Å². The third kappa shape index (κ3) is 4.51. The van der Waals surface area contributed by atoms with Gasteiger partial charge >= 0.3 is 6.18 Å². The molecule has 9 heteroatoms. The molecule has 0 saturated heterocycles. The number of hydrogen-bond acceptors (Lipinski definition) is 6. The molecule has 30 heavy (non-hydrogen) atoms. The average molecular weight is 415 g/mol. The van der Waals surface area contributed by atoms with Crippen LogP contribution >= 0.6 is 0 Å². The van der Waals surface area contributed by atoms with E-state index >= 15 is 0 Å². The Kier molecular flexibility index (Phi) is 5.26. The molecule has 0 N–H and O–H groups in total. The molecule has 1 aliphatic heterocycles. The van der Waals surface area contributed by atoms with Gasteiger partial charge in [0, 0.05) is 0 Å². The molecule has 6 nitrogen and oxygen atoms in total. The largest absolute Gasteiger partial charge is 0.457 e. The van der Waals surface area contributed by atoms with E-state index in [1.165, 1.54) is 30.9 Å². The number of ether oxygens (including phenoxy) is 2. The number of rotatable bonds is 4. The van der Waals surface area contributed by atoms with Crippen LogP contribution in [0.1, 0.15) is 29.2 Å². The highest BCUT2D eigenvalue weighted by Gasteiger charge is 2.31. The molecule has 0 spiro atoms. The second-order valence-corrected chi connectivity index (χ2v) is 6.61. The van der Waals surface area contributed by atoms with Crippen molar-refractivity contribution in [2.45, 2.75) is 25.6 Å². The van der Waals surface area contributed by atoms with E-state index in [0.29, 0.717) is 23.8 Å². The summed E-state index contributed by atoms with van der Waals surface area (Å²) >= 11 is 0. The third-order valence-electron chi connectivity index (χ3n) is 4.39. The van der Waals surface area contributed by atoms with Gasteiger partial charge in [0.05, 0.1) is 24.4 Å². The summed E-state index contributed by atoms with van der Waals surface area (Å²) in [4.78, 5) is 13.2. The first-order valence-electron chi connectivity index (χ1n) is 9.00. The zero-order valence-corrected chi connectivity index (χ0v) is 15.8. The minimum atomic E-state index is -4.44. The van der Waals surface area contributed by atoms with Crippen molar-refractivity contribution in [1.29, 1.82) is 0 Å². The Morgan fingerprint density at radius 3 is 2.57 bits per heavy atom. The lowest BCUT2D eigenvalue weighted by Gasteiger charge is -2.14. The Labute approximate surface area is 169 Å². The molecule has 0 bridgehead atoms. The highest BCUT2D eigenvalue weighted by Crippen LogP contribution is 2.36. The number of benzene rings is 2. The molecule has 4 rings (SSSR count). The Morgan fingerprint density at radius 2 is 1.80 bits per heavy atom. The summed E-state index contributed by atoms with van der Waals surface area (Å²) in [6.07, 6.45) is -0.0623. The SMILES string of the molecule is Cc1ccc([C@H]2CC(Oc3cncnc3)=NO2)cc1Oc1cccc(C(F)(F)F)c1. The maximum Gasteiger partial charge on any atom is 0.416 e. The zero-order chi connectivity index (χ0) is 21.1. The number of nitrogens with zero attached hydrogens (tertiary/aromatic N) is 3. The lowest BCUT2D eigenvalue weighted by atomic mass is 10.0. The molecule has 2 aromatic carbocycles. The molecule has 0 amide bonds. The molecule has 1 aromatic heterocycles.